The van der Waals surface area contributed by atoms with Crippen LogP contribution in [0, 0.1) is 5.92 Å². The summed E-state index contributed by atoms with van der Waals surface area (Å²) >= 11 is 0. The van der Waals surface area contributed by atoms with Gasteiger partial charge < -0.3 is 10.9 Å². The largest absolute Gasteiger partial charge is 0.409 e. The van der Waals surface area contributed by atoms with Gasteiger partial charge in [0.2, 0.25) is 0 Å². The van der Waals surface area contributed by atoms with Crippen LogP contribution < -0.4 is 5.73 Å². The van der Waals surface area contributed by atoms with E-state index in [4.69, 9.17) is 10.9 Å². The molecule has 4 heteroatoms. The van der Waals surface area contributed by atoms with Gasteiger partial charge in [-0.3, -0.25) is 4.90 Å². The molecule has 1 fully saturated rings. The van der Waals surface area contributed by atoms with Crippen LogP contribution in [0.5, 0.6) is 0 Å². The van der Waals surface area contributed by atoms with Crippen molar-refractivity contribution in [3.8, 4) is 0 Å². The Hall–Kier alpha value is -1.55. The normalized spacial score (nSPS) is 18.9. The van der Waals surface area contributed by atoms with Crippen molar-refractivity contribution in [3.63, 3.8) is 0 Å². The van der Waals surface area contributed by atoms with Crippen molar-refractivity contribution >= 4 is 5.84 Å². The van der Waals surface area contributed by atoms with Crippen LogP contribution in [-0.4, -0.2) is 29.5 Å². The topological polar surface area (TPSA) is 61.8 Å². The maximum absolute atomic E-state index is 8.88. The van der Waals surface area contributed by atoms with Gasteiger partial charge in [-0.25, -0.2) is 0 Å². The van der Waals surface area contributed by atoms with Gasteiger partial charge in [-0.2, -0.15) is 0 Å². The maximum Gasteiger partial charge on any atom is 0.141 e. The molecular formula is C17H27N3O. The summed E-state index contributed by atoms with van der Waals surface area (Å²) in [6.45, 7) is 1.08. The number of hydrogen-bond donors (Lipinski definition) is 2. The molecule has 1 atom stereocenters. The minimum atomic E-state index is 0.170. The average Bonchev–Trinajstić information content (AvgIpc) is 2.54. The van der Waals surface area contributed by atoms with Gasteiger partial charge in [0.25, 0.3) is 0 Å². The summed E-state index contributed by atoms with van der Waals surface area (Å²) in [5.74, 6) is 1.07. The Morgan fingerprint density at radius 1 is 1.29 bits per heavy atom. The van der Waals surface area contributed by atoms with Crippen LogP contribution in [0.3, 0.4) is 0 Å². The molecule has 21 heavy (non-hydrogen) atoms. The number of hydrogen-bond acceptors (Lipinski definition) is 3. The minimum Gasteiger partial charge on any atom is -0.409 e. The zero-order valence-electron chi connectivity index (χ0n) is 12.9. The van der Waals surface area contributed by atoms with E-state index in [1.54, 1.807) is 0 Å². The fourth-order valence-electron chi connectivity index (χ4n) is 3.35. The summed E-state index contributed by atoms with van der Waals surface area (Å²) in [5.41, 5.74) is 6.98. The summed E-state index contributed by atoms with van der Waals surface area (Å²) < 4.78 is 0. The van der Waals surface area contributed by atoms with E-state index in [9.17, 15) is 0 Å². The van der Waals surface area contributed by atoms with E-state index in [0.29, 0.717) is 12.3 Å². The van der Waals surface area contributed by atoms with Crippen LogP contribution in [0.1, 0.15) is 50.1 Å². The van der Waals surface area contributed by atoms with Crippen molar-refractivity contribution in [2.24, 2.45) is 16.8 Å². The zero-order valence-corrected chi connectivity index (χ0v) is 12.9. The second-order valence-corrected chi connectivity index (χ2v) is 6.17. The minimum absolute atomic E-state index is 0.170. The number of rotatable bonds is 6. The van der Waals surface area contributed by atoms with Crippen LogP contribution in [-0.2, 0) is 0 Å². The molecule has 1 aromatic carbocycles. The van der Waals surface area contributed by atoms with E-state index in [2.05, 4.69) is 29.2 Å². The molecule has 1 unspecified atom stereocenters. The molecule has 1 aromatic rings. The van der Waals surface area contributed by atoms with Gasteiger partial charge in [-0.1, -0.05) is 54.8 Å². The van der Waals surface area contributed by atoms with Crippen LogP contribution in [0.2, 0.25) is 0 Å². The molecule has 1 aliphatic rings. The summed E-state index contributed by atoms with van der Waals surface area (Å²) in [6, 6.07) is 10.5. The second-order valence-electron chi connectivity index (χ2n) is 6.17. The van der Waals surface area contributed by atoms with Crippen molar-refractivity contribution in [1.82, 2.24) is 4.90 Å². The van der Waals surface area contributed by atoms with E-state index < -0.39 is 0 Å². The predicted molar refractivity (Wildman–Crippen MR) is 86.4 cm³/mol. The molecule has 4 nitrogen and oxygen atoms in total. The molecule has 0 radical (unpaired) electrons. The lowest BCUT2D eigenvalue weighted by molar-refractivity contribution is 0.184. The maximum atomic E-state index is 8.88. The Balaban J connectivity index is 2.06. The highest BCUT2D eigenvalue weighted by Gasteiger charge is 2.22. The fraction of sp³-hybridized carbons (Fsp3) is 0.588. The average molecular weight is 289 g/mol. The Morgan fingerprint density at radius 3 is 2.57 bits per heavy atom. The number of nitrogens with zero attached hydrogens (tertiary/aromatic N) is 2. The lowest BCUT2D eigenvalue weighted by Crippen LogP contribution is -2.33. The summed E-state index contributed by atoms with van der Waals surface area (Å²) in [4.78, 5) is 2.36. The molecule has 3 N–H and O–H groups in total. The Kier molecular flexibility index (Phi) is 6.05. The zero-order chi connectivity index (χ0) is 15.1. The Labute approximate surface area is 127 Å². The Bertz CT molecular complexity index is 441. The first-order valence-corrected chi connectivity index (χ1v) is 7.92. The highest BCUT2D eigenvalue weighted by Crippen LogP contribution is 2.29. The summed E-state index contributed by atoms with van der Waals surface area (Å²) in [5, 5.41) is 12.0. The van der Waals surface area contributed by atoms with Crippen molar-refractivity contribution in [2.75, 3.05) is 13.6 Å². The molecule has 0 spiro atoms. The molecule has 2 rings (SSSR count). The van der Waals surface area contributed by atoms with Gasteiger partial charge in [0.1, 0.15) is 5.84 Å². The van der Waals surface area contributed by atoms with Crippen molar-refractivity contribution < 1.29 is 5.21 Å². The van der Waals surface area contributed by atoms with E-state index in [1.165, 1.54) is 37.7 Å². The molecule has 116 valence electrons. The lowest BCUT2D eigenvalue weighted by atomic mass is 9.88. The molecule has 0 amide bonds. The Morgan fingerprint density at radius 2 is 1.95 bits per heavy atom. The van der Waals surface area contributed by atoms with Crippen LogP contribution >= 0.6 is 0 Å². The van der Waals surface area contributed by atoms with E-state index in [1.807, 2.05) is 18.2 Å². The van der Waals surface area contributed by atoms with Crippen molar-refractivity contribution in [2.45, 2.75) is 44.6 Å². The molecule has 0 heterocycles. The molecule has 1 saturated carbocycles. The highest BCUT2D eigenvalue weighted by molar-refractivity contribution is 5.80. The monoisotopic (exact) mass is 289 g/mol. The third kappa shape index (κ3) is 4.74. The summed E-state index contributed by atoms with van der Waals surface area (Å²) in [6.07, 6.45) is 7.31. The molecule has 0 bridgehead atoms. The first-order valence-electron chi connectivity index (χ1n) is 7.92. The smallest absolute Gasteiger partial charge is 0.141 e. The van der Waals surface area contributed by atoms with Gasteiger partial charge in [0, 0.05) is 19.0 Å². The molecule has 0 aromatic heterocycles. The van der Waals surface area contributed by atoms with Crippen LogP contribution in [0.25, 0.3) is 0 Å². The van der Waals surface area contributed by atoms with Gasteiger partial charge in [-0.15, -0.1) is 0 Å². The lowest BCUT2D eigenvalue weighted by Gasteiger charge is -2.33. The summed E-state index contributed by atoms with van der Waals surface area (Å²) in [7, 11) is 2.15. The molecule has 0 aliphatic heterocycles. The van der Waals surface area contributed by atoms with E-state index in [0.717, 1.165) is 12.5 Å². The SMILES string of the molecule is CN(CC1CCCCC1)C(CC(N)=NO)c1ccccc1. The number of amidine groups is 1. The van der Waals surface area contributed by atoms with Crippen molar-refractivity contribution in [3.05, 3.63) is 35.9 Å². The molecule has 0 saturated heterocycles. The third-order valence-electron chi connectivity index (χ3n) is 4.52. The third-order valence-corrected chi connectivity index (χ3v) is 4.52. The quantitative estimate of drug-likeness (QED) is 0.365. The number of oxime groups is 1. The van der Waals surface area contributed by atoms with Gasteiger partial charge in [0.15, 0.2) is 0 Å². The van der Waals surface area contributed by atoms with Crippen LogP contribution in [0.15, 0.2) is 35.5 Å². The number of nitrogens with two attached hydrogens (primary N) is 1. The highest BCUT2D eigenvalue weighted by atomic mass is 16.4. The van der Waals surface area contributed by atoms with Gasteiger partial charge in [-0.05, 0) is 31.4 Å². The predicted octanol–water partition coefficient (Wildman–Crippen LogP) is 3.38. The second kappa shape index (κ2) is 8.03. The van der Waals surface area contributed by atoms with E-state index >= 15 is 0 Å². The first-order chi connectivity index (χ1) is 10.2. The van der Waals surface area contributed by atoms with Gasteiger partial charge in [0.05, 0.1) is 0 Å². The fourth-order valence-corrected chi connectivity index (χ4v) is 3.35. The van der Waals surface area contributed by atoms with Crippen LogP contribution in [0.4, 0.5) is 0 Å². The first kappa shape index (κ1) is 15.8. The standard InChI is InChI=1S/C17H27N3O/c1-20(13-14-8-4-2-5-9-14)16(12-17(18)19-21)15-10-6-3-7-11-15/h3,6-7,10-11,14,16,21H,2,4-5,8-9,12-13H2,1H3,(H2,18,19). The van der Waals surface area contributed by atoms with Gasteiger partial charge >= 0.3 is 0 Å². The molecule has 1 aliphatic carbocycles. The van der Waals surface area contributed by atoms with E-state index in [-0.39, 0.29) is 6.04 Å². The van der Waals surface area contributed by atoms with Crippen molar-refractivity contribution in [1.29, 1.82) is 0 Å². The molecular weight excluding hydrogens is 262 g/mol. The number of benzene rings is 1.